The van der Waals surface area contributed by atoms with Crippen molar-refractivity contribution in [3.63, 3.8) is 0 Å². The second kappa shape index (κ2) is 7.29. The molecule has 0 bridgehead atoms. The fourth-order valence-electron chi connectivity index (χ4n) is 2.58. The highest BCUT2D eigenvalue weighted by molar-refractivity contribution is 7.99. The molecule has 2 aliphatic carbocycles. The number of hydrogen-bond donors (Lipinski definition) is 2. The van der Waals surface area contributed by atoms with Crippen molar-refractivity contribution in [2.24, 2.45) is 0 Å². The Balaban J connectivity index is 1.58. The zero-order valence-electron chi connectivity index (χ0n) is 11.7. The van der Waals surface area contributed by atoms with Crippen LogP contribution in [0.1, 0.15) is 44.9 Å². The Hall–Kier alpha value is 0.220. The third-order valence-electron chi connectivity index (χ3n) is 3.91. The molecule has 2 rings (SSSR count). The molecule has 2 atom stereocenters. The normalized spacial score (nSPS) is 27.8. The third-order valence-corrected chi connectivity index (χ3v) is 6.53. The summed E-state index contributed by atoms with van der Waals surface area (Å²) >= 11 is 1.85. The van der Waals surface area contributed by atoms with Gasteiger partial charge in [-0.2, -0.15) is 11.8 Å². The molecule has 0 spiro atoms. The van der Waals surface area contributed by atoms with Gasteiger partial charge in [-0.05, 0) is 57.7 Å². The van der Waals surface area contributed by atoms with Gasteiger partial charge in [-0.15, -0.1) is 0 Å². The Labute approximate surface area is 121 Å². The van der Waals surface area contributed by atoms with Crippen LogP contribution in [0.3, 0.4) is 0 Å². The Morgan fingerprint density at radius 2 is 1.84 bits per heavy atom. The zero-order chi connectivity index (χ0) is 13.7. The minimum Gasteiger partial charge on any atom is -0.314 e. The molecular formula is C13H26N2O2S2. The monoisotopic (exact) mass is 306 g/mol. The van der Waals surface area contributed by atoms with Gasteiger partial charge in [0.15, 0.2) is 0 Å². The molecule has 0 aromatic heterocycles. The molecule has 112 valence electrons. The van der Waals surface area contributed by atoms with E-state index in [2.05, 4.69) is 16.3 Å². The van der Waals surface area contributed by atoms with Gasteiger partial charge in [0.05, 0.1) is 5.75 Å². The second-order valence-corrected chi connectivity index (χ2v) is 8.75. The van der Waals surface area contributed by atoms with Crippen molar-refractivity contribution in [2.45, 2.75) is 62.3 Å². The van der Waals surface area contributed by atoms with Crippen molar-refractivity contribution in [3.8, 4) is 0 Å². The van der Waals surface area contributed by atoms with Crippen LogP contribution in [0.5, 0.6) is 0 Å². The first-order chi connectivity index (χ1) is 9.09. The minimum absolute atomic E-state index is 0.173. The summed E-state index contributed by atoms with van der Waals surface area (Å²) in [6, 6.07) is 0.892. The van der Waals surface area contributed by atoms with Gasteiger partial charge in [0, 0.05) is 17.3 Å². The lowest BCUT2D eigenvalue weighted by atomic mass is 10.3. The van der Waals surface area contributed by atoms with E-state index in [1.54, 1.807) is 0 Å². The lowest BCUT2D eigenvalue weighted by Gasteiger charge is -2.13. The SMILES string of the molecule is CSC1CCC(NS(=O)(=O)CCCCNC2CC2)C1. The minimum atomic E-state index is -3.07. The number of sulfonamides is 1. The van der Waals surface area contributed by atoms with Gasteiger partial charge < -0.3 is 5.32 Å². The summed E-state index contributed by atoms with van der Waals surface area (Å²) in [6.07, 6.45) is 9.52. The summed E-state index contributed by atoms with van der Waals surface area (Å²) in [5.74, 6) is 0.278. The van der Waals surface area contributed by atoms with Crippen LogP contribution in [0.25, 0.3) is 0 Å². The molecule has 2 aliphatic rings. The van der Waals surface area contributed by atoms with E-state index < -0.39 is 10.0 Å². The molecule has 0 saturated heterocycles. The van der Waals surface area contributed by atoms with Crippen molar-refractivity contribution in [2.75, 3.05) is 18.6 Å². The maximum absolute atomic E-state index is 12.0. The molecule has 0 aromatic rings. The molecule has 0 heterocycles. The van der Waals surface area contributed by atoms with Crippen LogP contribution in [0, 0.1) is 0 Å². The number of rotatable bonds is 9. The molecule has 6 heteroatoms. The van der Waals surface area contributed by atoms with Gasteiger partial charge in [-0.25, -0.2) is 13.1 Å². The van der Waals surface area contributed by atoms with Gasteiger partial charge in [0.1, 0.15) is 0 Å². The maximum atomic E-state index is 12.0. The van der Waals surface area contributed by atoms with E-state index in [4.69, 9.17) is 0 Å². The van der Waals surface area contributed by atoms with E-state index in [-0.39, 0.29) is 11.8 Å². The van der Waals surface area contributed by atoms with E-state index in [0.29, 0.717) is 5.25 Å². The highest BCUT2D eigenvalue weighted by atomic mass is 32.2. The summed E-state index contributed by atoms with van der Waals surface area (Å²) < 4.78 is 26.8. The second-order valence-electron chi connectivity index (χ2n) is 5.74. The Morgan fingerprint density at radius 3 is 2.47 bits per heavy atom. The predicted octanol–water partition coefficient (Wildman–Crippen LogP) is 1.72. The Morgan fingerprint density at radius 1 is 1.11 bits per heavy atom. The lowest BCUT2D eigenvalue weighted by Crippen LogP contribution is -2.35. The van der Waals surface area contributed by atoms with E-state index in [1.807, 2.05) is 11.8 Å². The fraction of sp³-hybridized carbons (Fsp3) is 1.00. The van der Waals surface area contributed by atoms with Crippen molar-refractivity contribution in [3.05, 3.63) is 0 Å². The number of thioether (sulfide) groups is 1. The maximum Gasteiger partial charge on any atom is 0.211 e. The van der Waals surface area contributed by atoms with Crippen molar-refractivity contribution < 1.29 is 8.42 Å². The number of nitrogens with one attached hydrogen (secondary N) is 2. The number of unbranched alkanes of at least 4 members (excludes halogenated alkanes) is 1. The Bertz CT molecular complexity index is 369. The zero-order valence-corrected chi connectivity index (χ0v) is 13.4. The molecule has 4 nitrogen and oxygen atoms in total. The smallest absolute Gasteiger partial charge is 0.211 e. The van der Waals surface area contributed by atoms with Crippen LogP contribution < -0.4 is 10.0 Å². The molecule has 2 fully saturated rings. The molecule has 0 aliphatic heterocycles. The van der Waals surface area contributed by atoms with Crippen LogP contribution in [0.15, 0.2) is 0 Å². The van der Waals surface area contributed by atoms with E-state index >= 15 is 0 Å². The highest BCUT2D eigenvalue weighted by Gasteiger charge is 2.27. The van der Waals surface area contributed by atoms with Gasteiger partial charge >= 0.3 is 0 Å². The van der Waals surface area contributed by atoms with E-state index in [0.717, 1.165) is 44.7 Å². The van der Waals surface area contributed by atoms with Crippen molar-refractivity contribution in [1.82, 2.24) is 10.0 Å². The molecule has 0 amide bonds. The van der Waals surface area contributed by atoms with Crippen LogP contribution in [0.2, 0.25) is 0 Å². The molecule has 2 saturated carbocycles. The van der Waals surface area contributed by atoms with Crippen LogP contribution in [-0.4, -0.2) is 44.3 Å². The number of hydrogen-bond acceptors (Lipinski definition) is 4. The van der Waals surface area contributed by atoms with Gasteiger partial charge in [0.25, 0.3) is 0 Å². The largest absolute Gasteiger partial charge is 0.314 e. The quantitative estimate of drug-likeness (QED) is 0.637. The molecule has 0 radical (unpaired) electrons. The Kier molecular flexibility index (Phi) is 5.99. The average molecular weight is 306 g/mol. The molecular weight excluding hydrogens is 280 g/mol. The van der Waals surface area contributed by atoms with Crippen molar-refractivity contribution >= 4 is 21.8 Å². The standard InChI is InChI=1S/C13H26N2O2S2/c1-18-13-7-6-12(10-13)15-19(16,17)9-3-2-8-14-11-4-5-11/h11-15H,2-10H2,1H3. The third kappa shape index (κ3) is 6.02. The molecule has 2 N–H and O–H groups in total. The summed E-state index contributed by atoms with van der Waals surface area (Å²) in [6.45, 7) is 0.957. The van der Waals surface area contributed by atoms with Crippen LogP contribution >= 0.6 is 11.8 Å². The summed E-state index contributed by atoms with van der Waals surface area (Å²) in [5, 5.41) is 4.05. The van der Waals surface area contributed by atoms with Gasteiger partial charge in [0.2, 0.25) is 10.0 Å². The first-order valence-corrected chi connectivity index (χ1v) is 10.3. The summed E-state index contributed by atoms with van der Waals surface area (Å²) in [4.78, 5) is 0. The van der Waals surface area contributed by atoms with E-state index in [1.165, 1.54) is 12.8 Å². The molecule has 2 unspecified atom stereocenters. The van der Waals surface area contributed by atoms with E-state index in [9.17, 15) is 8.42 Å². The fourth-order valence-corrected chi connectivity index (χ4v) is 4.81. The molecule has 0 aromatic carbocycles. The van der Waals surface area contributed by atoms with Crippen LogP contribution in [0.4, 0.5) is 0 Å². The molecule has 19 heavy (non-hydrogen) atoms. The summed E-state index contributed by atoms with van der Waals surface area (Å²) in [5.41, 5.74) is 0. The summed E-state index contributed by atoms with van der Waals surface area (Å²) in [7, 11) is -3.07. The first-order valence-electron chi connectivity index (χ1n) is 7.35. The van der Waals surface area contributed by atoms with Gasteiger partial charge in [-0.1, -0.05) is 0 Å². The predicted molar refractivity (Wildman–Crippen MR) is 82.1 cm³/mol. The topological polar surface area (TPSA) is 58.2 Å². The first kappa shape index (κ1) is 15.6. The lowest BCUT2D eigenvalue weighted by molar-refractivity contribution is 0.547. The van der Waals surface area contributed by atoms with Crippen LogP contribution in [-0.2, 0) is 10.0 Å². The average Bonchev–Trinajstić information content (AvgIpc) is 3.07. The van der Waals surface area contributed by atoms with Gasteiger partial charge in [-0.3, -0.25) is 0 Å². The highest BCUT2D eigenvalue weighted by Crippen LogP contribution is 2.28. The van der Waals surface area contributed by atoms with Crippen molar-refractivity contribution in [1.29, 1.82) is 0 Å².